The van der Waals surface area contributed by atoms with Crippen molar-refractivity contribution in [2.75, 3.05) is 12.0 Å². The highest BCUT2D eigenvalue weighted by molar-refractivity contribution is 6.20. The van der Waals surface area contributed by atoms with Crippen molar-refractivity contribution in [1.29, 1.82) is 0 Å². The number of ketones is 1. The molecule has 0 spiro atoms. The number of aryl methyl sites for hydroxylation is 1. The van der Waals surface area contributed by atoms with E-state index in [9.17, 15) is 14.7 Å². The lowest BCUT2D eigenvalue weighted by Crippen LogP contribution is -2.31. The van der Waals surface area contributed by atoms with Crippen molar-refractivity contribution in [3.8, 4) is 5.75 Å². The van der Waals surface area contributed by atoms with Gasteiger partial charge in [0.05, 0.1) is 23.7 Å². The van der Waals surface area contributed by atoms with Crippen LogP contribution in [0.25, 0.3) is 22.0 Å². The Morgan fingerprint density at radius 3 is 2.69 bits per heavy atom. The van der Waals surface area contributed by atoms with Crippen LogP contribution in [-0.2, 0) is 4.79 Å². The van der Waals surface area contributed by atoms with Crippen LogP contribution in [0.15, 0.2) is 80.8 Å². The van der Waals surface area contributed by atoms with Crippen molar-refractivity contribution < 1.29 is 28.3 Å². The molecule has 4 heterocycles. The molecule has 5 aromatic rings. The van der Waals surface area contributed by atoms with Gasteiger partial charge in [-0.3, -0.25) is 14.5 Å². The number of nitrogens with one attached hydrogen (secondary N) is 1. The predicted octanol–water partition coefficient (Wildman–Crippen LogP) is 5.00. The zero-order valence-electron chi connectivity index (χ0n) is 18.7. The third-order valence-electron chi connectivity index (χ3n) is 6.04. The number of nitrogens with zero attached hydrogens (tertiary/aromatic N) is 2. The number of anilines is 1. The molecule has 2 aromatic carbocycles. The van der Waals surface area contributed by atoms with Gasteiger partial charge < -0.3 is 23.7 Å². The van der Waals surface area contributed by atoms with E-state index in [0.29, 0.717) is 39.3 Å². The molecular weight excluding hydrogens is 450 g/mol. The summed E-state index contributed by atoms with van der Waals surface area (Å²) in [5.74, 6) is -0.631. The lowest BCUT2D eigenvalue weighted by molar-refractivity contribution is -0.117. The van der Waals surface area contributed by atoms with Crippen LogP contribution in [0, 0.1) is 6.92 Å². The Kier molecular flexibility index (Phi) is 4.53. The Balaban J connectivity index is 1.50. The molecule has 0 saturated carbocycles. The molecule has 0 fully saturated rings. The molecule has 1 unspecified atom stereocenters. The number of furan rings is 2. The number of hydrogen-bond acceptors (Lipinski definition) is 7. The number of Topliss-reactive ketones (excluding diaryl/α,β-unsaturated/α-hetero) is 1. The summed E-state index contributed by atoms with van der Waals surface area (Å²) in [4.78, 5) is 35.8. The van der Waals surface area contributed by atoms with Crippen LogP contribution in [0.1, 0.15) is 28.1 Å². The summed E-state index contributed by atoms with van der Waals surface area (Å²) in [6, 6.07) is 16.4. The molecule has 174 valence electrons. The zero-order chi connectivity index (χ0) is 24.3. The lowest BCUT2D eigenvalue weighted by atomic mass is 9.99. The van der Waals surface area contributed by atoms with Gasteiger partial charge >= 0.3 is 0 Å². The van der Waals surface area contributed by atoms with Gasteiger partial charge in [-0.25, -0.2) is 4.98 Å². The summed E-state index contributed by atoms with van der Waals surface area (Å²) in [7, 11) is 1.50. The number of H-pyrrole nitrogens is 1. The molecule has 1 amide bonds. The van der Waals surface area contributed by atoms with Gasteiger partial charge in [0.1, 0.15) is 17.6 Å². The standard InChI is InChI=1S/C26H19N3O6/c1-13-10-11-17(34-13)21-20(22(30)19-12-14-6-5-9-18(33-2)24(14)35-19)23(31)25(32)29(21)26-27-15-7-3-4-8-16(15)28-26/h3-12,21,31H,1-2H3,(H,27,28). The highest BCUT2D eigenvalue weighted by Gasteiger charge is 2.48. The van der Waals surface area contributed by atoms with E-state index in [0.717, 1.165) is 0 Å². The number of methoxy groups -OCH3 is 1. The molecule has 9 heteroatoms. The minimum absolute atomic E-state index is 0.0430. The Morgan fingerprint density at radius 2 is 1.94 bits per heavy atom. The quantitative estimate of drug-likeness (QED) is 0.347. The maximum Gasteiger partial charge on any atom is 0.296 e. The van der Waals surface area contributed by atoms with Crippen LogP contribution in [-0.4, -0.2) is 33.9 Å². The number of amides is 1. The third kappa shape index (κ3) is 3.12. The van der Waals surface area contributed by atoms with Crippen molar-refractivity contribution in [1.82, 2.24) is 9.97 Å². The number of aromatic amines is 1. The van der Waals surface area contributed by atoms with Crippen LogP contribution >= 0.6 is 0 Å². The summed E-state index contributed by atoms with van der Waals surface area (Å²) in [5, 5.41) is 11.6. The van der Waals surface area contributed by atoms with E-state index >= 15 is 0 Å². The second kappa shape index (κ2) is 7.63. The fourth-order valence-corrected chi connectivity index (χ4v) is 4.42. The monoisotopic (exact) mass is 469 g/mol. The van der Waals surface area contributed by atoms with E-state index in [-0.39, 0.29) is 17.3 Å². The molecule has 1 aliphatic rings. The Bertz CT molecular complexity index is 1640. The largest absolute Gasteiger partial charge is 0.503 e. The number of carbonyl (C=O) groups is 2. The van der Waals surface area contributed by atoms with Crippen molar-refractivity contribution >= 4 is 39.6 Å². The third-order valence-corrected chi connectivity index (χ3v) is 6.04. The molecule has 0 bridgehead atoms. The maximum absolute atomic E-state index is 13.7. The number of aromatic nitrogens is 2. The molecule has 9 nitrogen and oxygen atoms in total. The first-order valence-electron chi connectivity index (χ1n) is 10.9. The van der Waals surface area contributed by atoms with Crippen LogP contribution in [0.4, 0.5) is 5.95 Å². The molecule has 0 radical (unpaired) electrons. The van der Waals surface area contributed by atoms with Gasteiger partial charge in [0.25, 0.3) is 5.91 Å². The summed E-state index contributed by atoms with van der Waals surface area (Å²) in [5.41, 5.74) is 1.56. The van der Waals surface area contributed by atoms with E-state index in [4.69, 9.17) is 13.6 Å². The Morgan fingerprint density at radius 1 is 1.11 bits per heavy atom. The molecular formula is C26H19N3O6. The smallest absolute Gasteiger partial charge is 0.296 e. The first-order chi connectivity index (χ1) is 17.0. The van der Waals surface area contributed by atoms with Crippen LogP contribution in [0.5, 0.6) is 5.75 Å². The minimum Gasteiger partial charge on any atom is -0.503 e. The number of aliphatic hydroxyl groups is 1. The number of rotatable bonds is 5. The van der Waals surface area contributed by atoms with Crippen LogP contribution < -0.4 is 9.64 Å². The second-order valence-corrected chi connectivity index (χ2v) is 8.18. The number of para-hydroxylation sites is 3. The lowest BCUT2D eigenvalue weighted by Gasteiger charge is -2.22. The van der Waals surface area contributed by atoms with E-state index in [1.54, 1.807) is 49.4 Å². The number of benzene rings is 2. The molecule has 1 atom stereocenters. The van der Waals surface area contributed by atoms with Crippen molar-refractivity contribution in [3.05, 3.63) is 89.3 Å². The number of imidazole rings is 1. The number of hydrogen-bond donors (Lipinski definition) is 2. The van der Waals surface area contributed by atoms with E-state index in [2.05, 4.69) is 9.97 Å². The summed E-state index contributed by atoms with van der Waals surface area (Å²) >= 11 is 0. The fraction of sp³-hybridized carbons (Fsp3) is 0.115. The van der Waals surface area contributed by atoms with Gasteiger partial charge in [-0.05, 0) is 43.3 Å². The minimum atomic E-state index is -1.06. The van der Waals surface area contributed by atoms with E-state index in [1.807, 2.05) is 18.2 Å². The van der Waals surface area contributed by atoms with E-state index < -0.39 is 23.5 Å². The fourth-order valence-electron chi connectivity index (χ4n) is 4.42. The normalized spacial score (nSPS) is 16.1. The molecule has 0 saturated heterocycles. The highest BCUT2D eigenvalue weighted by atomic mass is 16.5. The summed E-state index contributed by atoms with van der Waals surface area (Å²) in [6.45, 7) is 1.75. The SMILES string of the molecule is COc1cccc2cc(C(=O)C3=C(O)C(=O)N(c4nc5ccccc5[nH]4)C3c3ccc(C)o3)oc12. The predicted molar refractivity (Wildman–Crippen MR) is 127 cm³/mol. The molecule has 2 N–H and O–H groups in total. The number of carbonyl (C=O) groups excluding carboxylic acids is 2. The molecule has 0 aliphatic carbocycles. The molecule has 6 rings (SSSR count). The van der Waals surface area contributed by atoms with Gasteiger partial charge in [-0.15, -0.1) is 0 Å². The first-order valence-corrected chi connectivity index (χ1v) is 10.9. The average molecular weight is 469 g/mol. The highest BCUT2D eigenvalue weighted by Crippen LogP contribution is 2.42. The van der Waals surface area contributed by atoms with Crippen molar-refractivity contribution in [2.45, 2.75) is 13.0 Å². The first kappa shape index (κ1) is 20.8. The van der Waals surface area contributed by atoms with Gasteiger partial charge in [0.15, 0.2) is 22.9 Å². The second-order valence-electron chi connectivity index (χ2n) is 8.18. The van der Waals surface area contributed by atoms with E-state index in [1.165, 1.54) is 12.0 Å². The summed E-state index contributed by atoms with van der Waals surface area (Å²) < 4.78 is 17.0. The number of fused-ring (bicyclic) bond motifs is 2. The zero-order valence-corrected chi connectivity index (χ0v) is 18.7. The average Bonchev–Trinajstić information content (AvgIpc) is 3.63. The molecule has 3 aromatic heterocycles. The Labute approximate surface area is 198 Å². The Hall–Kier alpha value is -4.79. The van der Waals surface area contributed by atoms with Crippen molar-refractivity contribution in [3.63, 3.8) is 0 Å². The number of aliphatic hydroxyl groups excluding tert-OH is 1. The van der Waals surface area contributed by atoms with Gasteiger partial charge in [0.2, 0.25) is 11.7 Å². The van der Waals surface area contributed by atoms with Crippen LogP contribution in [0.3, 0.4) is 0 Å². The maximum atomic E-state index is 13.7. The van der Waals surface area contributed by atoms with Gasteiger partial charge in [-0.2, -0.15) is 0 Å². The summed E-state index contributed by atoms with van der Waals surface area (Å²) in [6.07, 6.45) is 0. The topological polar surface area (TPSA) is 122 Å². The van der Waals surface area contributed by atoms with Crippen molar-refractivity contribution in [2.24, 2.45) is 0 Å². The van der Waals surface area contributed by atoms with Gasteiger partial charge in [0, 0.05) is 5.39 Å². The molecule has 1 aliphatic heterocycles. The molecule has 35 heavy (non-hydrogen) atoms. The van der Waals surface area contributed by atoms with Crippen LogP contribution in [0.2, 0.25) is 0 Å². The number of ether oxygens (including phenoxy) is 1. The van der Waals surface area contributed by atoms with Gasteiger partial charge in [-0.1, -0.05) is 24.3 Å².